The van der Waals surface area contributed by atoms with Gasteiger partial charge in [0.15, 0.2) is 5.78 Å². The van der Waals surface area contributed by atoms with Gasteiger partial charge in [-0.3, -0.25) is 4.79 Å². The number of carbonyl (C=O) groups excluding carboxylic acids is 2. The number of nitrogens with one attached hydrogen (secondary N) is 1. The van der Waals surface area contributed by atoms with Crippen molar-refractivity contribution in [2.75, 3.05) is 0 Å². The van der Waals surface area contributed by atoms with Crippen LogP contribution in [-0.2, 0) is 9.53 Å². The van der Waals surface area contributed by atoms with E-state index in [9.17, 15) is 9.59 Å². The summed E-state index contributed by atoms with van der Waals surface area (Å²) in [6.07, 6.45) is 3.11. The van der Waals surface area contributed by atoms with Crippen molar-refractivity contribution in [3.8, 4) is 0 Å². The Balaban J connectivity index is 1.41. The van der Waals surface area contributed by atoms with E-state index in [1.807, 2.05) is 61.5 Å². The Bertz CT molecular complexity index is 1290. The molecule has 0 aromatic heterocycles. The lowest BCUT2D eigenvalue weighted by Gasteiger charge is -2.39. The molecule has 2 aromatic carbocycles. The summed E-state index contributed by atoms with van der Waals surface area (Å²) in [7, 11) is 0. The molecule has 4 atom stereocenters. The van der Waals surface area contributed by atoms with Crippen LogP contribution in [0.4, 0.5) is 0 Å². The molecule has 6 rings (SSSR count). The van der Waals surface area contributed by atoms with Gasteiger partial charge in [0.1, 0.15) is 6.10 Å². The summed E-state index contributed by atoms with van der Waals surface area (Å²) in [5.74, 6) is -0.189. The van der Waals surface area contributed by atoms with Crippen LogP contribution < -0.4 is 5.32 Å². The van der Waals surface area contributed by atoms with Gasteiger partial charge in [0.2, 0.25) is 0 Å². The number of allylic oxidation sites excluding steroid dienone is 2. The van der Waals surface area contributed by atoms with Crippen LogP contribution in [0, 0.1) is 16.7 Å². The topological polar surface area (TPSA) is 55.4 Å². The molecule has 34 heavy (non-hydrogen) atoms. The third-order valence-electron chi connectivity index (χ3n) is 9.56. The van der Waals surface area contributed by atoms with E-state index in [1.165, 1.54) is 6.42 Å². The molecule has 4 aliphatic rings. The van der Waals surface area contributed by atoms with Crippen LogP contribution in [-0.4, -0.2) is 17.9 Å². The minimum atomic E-state index is -0.454. The van der Waals surface area contributed by atoms with Gasteiger partial charge < -0.3 is 10.1 Å². The highest BCUT2D eigenvalue weighted by Gasteiger charge is 2.63. The van der Waals surface area contributed by atoms with E-state index in [2.05, 4.69) is 26.1 Å². The van der Waals surface area contributed by atoms with E-state index < -0.39 is 5.92 Å². The van der Waals surface area contributed by atoms with Crippen molar-refractivity contribution in [2.45, 2.75) is 59.0 Å². The van der Waals surface area contributed by atoms with Crippen molar-refractivity contribution in [1.82, 2.24) is 5.32 Å². The molecule has 3 aliphatic carbocycles. The monoisotopic (exact) mass is 453 g/mol. The fourth-order valence-corrected chi connectivity index (χ4v) is 7.08. The SMILES string of the molecule is CC1=C(C(=O)O[C@@H]2C[C@@H]3CC[C@]2(C)C3(C)C)[C@H](c2ccccc2)C2=C(N1)c1ccccc1C2=O. The smallest absolute Gasteiger partial charge is 0.337 e. The summed E-state index contributed by atoms with van der Waals surface area (Å²) in [4.78, 5) is 27.5. The fourth-order valence-electron chi connectivity index (χ4n) is 7.08. The molecule has 1 heterocycles. The van der Waals surface area contributed by atoms with Crippen LogP contribution in [0.25, 0.3) is 5.70 Å². The molecule has 1 aliphatic heterocycles. The van der Waals surface area contributed by atoms with Gasteiger partial charge in [0.05, 0.1) is 11.3 Å². The molecule has 2 bridgehead atoms. The van der Waals surface area contributed by atoms with Gasteiger partial charge in [0.25, 0.3) is 0 Å². The number of ether oxygens (including phenoxy) is 1. The lowest BCUT2D eigenvalue weighted by molar-refractivity contribution is -0.152. The average Bonchev–Trinajstić information content (AvgIpc) is 3.31. The third-order valence-corrected chi connectivity index (χ3v) is 9.56. The molecule has 2 fully saturated rings. The number of carbonyl (C=O) groups is 2. The van der Waals surface area contributed by atoms with Crippen LogP contribution in [0.1, 0.15) is 74.4 Å². The number of Topliss-reactive ketones (excluding diaryl/α,β-unsaturated/α-hetero) is 1. The number of dihydropyridines is 1. The highest BCUT2D eigenvalue weighted by atomic mass is 16.5. The zero-order valence-corrected chi connectivity index (χ0v) is 20.3. The van der Waals surface area contributed by atoms with Gasteiger partial charge in [-0.15, -0.1) is 0 Å². The van der Waals surface area contributed by atoms with Crippen molar-refractivity contribution in [3.63, 3.8) is 0 Å². The Morgan fingerprint density at radius 3 is 2.32 bits per heavy atom. The second-order valence-electron chi connectivity index (χ2n) is 11.2. The van der Waals surface area contributed by atoms with Crippen molar-refractivity contribution in [2.24, 2.45) is 16.7 Å². The summed E-state index contributed by atoms with van der Waals surface area (Å²) in [6, 6.07) is 17.5. The Labute approximate surface area is 201 Å². The molecule has 0 saturated heterocycles. The Morgan fingerprint density at radius 2 is 1.68 bits per heavy atom. The minimum Gasteiger partial charge on any atom is -0.458 e. The normalized spacial score (nSPS) is 30.8. The molecular weight excluding hydrogens is 422 g/mol. The molecule has 0 spiro atoms. The van der Waals surface area contributed by atoms with Crippen molar-refractivity contribution in [1.29, 1.82) is 0 Å². The quantitative estimate of drug-likeness (QED) is 0.578. The van der Waals surface area contributed by atoms with Gasteiger partial charge in [-0.1, -0.05) is 75.4 Å². The first kappa shape index (κ1) is 21.4. The largest absolute Gasteiger partial charge is 0.458 e. The molecule has 1 N–H and O–H groups in total. The predicted octanol–water partition coefficient (Wildman–Crippen LogP) is 6.01. The van der Waals surface area contributed by atoms with Gasteiger partial charge in [-0.25, -0.2) is 4.79 Å². The Kier molecular flexibility index (Phi) is 4.52. The van der Waals surface area contributed by atoms with E-state index in [1.54, 1.807) is 0 Å². The minimum absolute atomic E-state index is 0.0160. The first-order valence-electron chi connectivity index (χ1n) is 12.4. The van der Waals surface area contributed by atoms with Gasteiger partial charge >= 0.3 is 5.97 Å². The summed E-state index contributed by atoms with van der Waals surface area (Å²) in [6.45, 7) is 8.85. The van der Waals surface area contributed by atoms with E-state index in [4.69, 9.17) is 4.74 Å². The van der Waals surface area contributed by atoms with Crippen LogP contribution in [0.3, 0.4) is 0 Å². The fraction of sp³-hybridized carbons (Fsp3) is 0.400. The van der Waals surface area contributed by atoms with Crippen LogP contribution in [0.5, 0.6) is 0 Å². The summed E-state index contributed by atoms with van der Waals surface area (Å²) in [5.41, 5.74) is 5.43. The maximum absolute atomic E-state index is 13.9. The number of rotatable bonds is 3. The summed E-state index contributed by atoms with van der Waals surface area (Å²) in [5, 5.41) is 3.42. The van der Waals surface area contributed by atoms with Crippen LogP contribution in [0.15, 0.2) is 71.4 Å². The first-order valence-corrected chi connectivity index (χ1v) is 12.4. The van der Waals surface area contributed by atoms with Crippen molar-refractivity contribution >= 4 is 17.4 Å². The summed E-state index contributed by atoms with van der Waals surface area (Å²) >= 11 is 0. The third kappa shape index (κ3) is 2.71. The molecular formula is C30H31NO3. The maximum atomic E-state index is 13.9. The van der Waals surface area contributed by atoms with E-state index in [0.717, 1.165) is 35.4 Å². The van der Waals surface area contributed by atoms with Crippen LogP contribution >= 0.6 is 0 Å². The number of hydrogen-bond acceptors (Lipinski definition) is 4. The predicted molar refractivity (Wildman–Crippen MR) is 132 cm³/mol. The number of hydrogen-bond donors (Lipinski definition) is 1. The van der Waals surface area contributed by atoms with Gasteiger partial charge in [-0.05, 0) is 43.1 Å². The molecule has 174 valence electrons. The van der Waals surface area contributed by atoms with Gasteiger partial charge in [0, 0.05) is 33.7 Å². The van der Waals surface area contributed by atoms with E-state index in [-0.39, 0.29) is 28.7 Å². The standard InChI is InChI=1S/C30H31NO3/c1-17-23(28(33)34-22-16-19-14-15-30(22,4)29(19,2)3)24(18-10-6-5-7-11-18)25-26(31-17)20-12-8-9-13-21(20)27(25)32/h5-13,19,22,24,31H,14-16H2,1-4H3/t19-,22+,24-,30-/m0/s1. The van der Waals surface area contributed by atoms with E-state index in [0.29, 0.717) is 22.6 Å². The molecule has 0 amide bonds. The molecule has 4 heteroatoms. The Hall–Kier alpha value is -3.14. The first-order chi connectivity index (χ1) is 16.2. The Morgan fingerprint density at radius 1 is 1.00 bits per heavy atom. The number of ketones is 1. The lowest BCUT2D eigenvalue weighted by Crippen LogP contribution is -2.39. The molecule has 4 nitrogen and oxygen atoms in total. The highest BCUT2D eigenvalue weighted by molar-refractivity contribution is 6.23. The second kappa shape index (κ2) is 7.18. The molecule has 2 aromatic rings. The zero-order chi connectivity index (χ0) is 23.8. The van der Waals surface area contributed by atoms with Crippen molar-refractivity contribution < 1.29 is 14.3 Å². The number of benzene rings is 2. The maximum Gasteiger partial charge on any atom is 0.337 e. The number of esters is 1. The summed E-state index contributed by atoms with van der Waals surface area (Å²) < 4.78 is 6.34. The molecule has 2 saturated carbocycles. The average molecular weight is 454 g/mol. The molecule has 0 radical (unpaired) electrons. The van der Waals surface area contributed by atoms with Gasteiger partial charge in [-0.2, -0.15) is 0 Å². The zero-order valence-electron chi connectivity index (χ0n) is 20.3. The molecule has 0 unspecified atom stereocenters. The van der Waals surface area contributed by atoms with Crippen molar-refractivity contribution in [3.05, 3.63) is 88.1 Å². The highest BCUT2D eigenvalue weighted by Crippen LogP contribution is 2.66. The van der Waals surface area contributed by atoms with Crippen LogP contribution in [0.2, 0.25) is 0 Å². The second-order valence-corrected chi connectivity index (χ2v) is 11.2. The van der Waals surface area contributed by atoms with E-state index >= 15 is 0 Å². The lowest BCUT2D eigenvalue weighted by atomic mass is 9.70. The number of fused-ring (bicyclic) bond motifs is 4.